The van der Waals surface area contributed by atoms with Crippen LogP contribution in [0.4, 0.5) is 0 Å². The summed E-state index contributed by atoms with van der Waals surface area (Å²) in [5.74, 6) is 0.205. The van der Waals surface area contributed by atoms with Gasteiger partial charge < -0.3 is 14.9 Å². The normalized spacial score (nSPS) is 10.4. The van der Waals surface area contributed by atoms with Crippen molar-refractivity contribution in [1.82, 2.24) is 4.68 Å². The highest BCUT2D eigenvalue weighted by Crippen LogP contribution is 2.32. The summed E-state index contributed by atoms with van der Waals surface area (Å²) in [5, 5.41) is 0.708. The molecule has 0 radical (unpaired) electrons. The van der Waals surface area contributed by atoms with Gasteiger partial charge in [0.25, 0.3) is 6.47 Å². The molecule has 6 nitrogen and oxygen atoms in total. The number of carbonyl (C=O) groups is 1. The highest BCUT2D eigenvalue weighted by molar-refractivity contribution is 5.88. The zero-order valence-corrected chi connectivity index (χ0v) is 12.1. The summed E-state index contributed by atoms with van der Waals surface area (Å²) in [5.41, 5.74) is 2.98. The quantitative estimate of drug-likeness (QED) is 0.623. The Kier molecular flexibility index (Phi) is 4.81. The molecule has 0 fully saturated rings. The van der Waals surface area contributed by atoms with E-state index >= 15 is 0 Å². The van der Waals surface area contributed by atoms with Gasteiger partial charge in [0.05, 0.1) is 12.1 Å². The molecule has 1 aromatic carbocycles. The summed E-state index contributed by atoms with van der Waals surface area (Å²) in [6.07, 6.45) is 1.82. The second kappa shape index (κ2) is 6.78. The van der Waals surface area contributed by atoms with Crippen molar-refractivity contribution in [3.05, 3.63) is 34.6 Å². The van der Waals surface area contributed by atoms with Gasteiger partial charge in [0.2, 0.25) is 5.75 Å². The summed E-state index contributed by atoms with van der Waals surface area (Å²) in [4.78, 5) is 23.1. The van der Waals surface area contributed by atoms with E-state index in [1.54, 1.807) is 13.1 Å². The number of carbonyl (C=O) groups excluding carboxylic acids is 1. The predicted molar refractivity (Wildman–Crippen MR) is 80.6 cm³/mol. The number of hydrogen-bond acceptors (Lipinski definition) is 5. The average Bonchev–Trinajstić information content (AvgIpc) is 2.51. The van der Waals surface area contributed by atoms with Gasteiger partial charge in [0, 0.05) is 12.4 Å². The molecule has 0 aliphatic rings. The van der Waals surface area contributed by atoms with E-state index in [1.807, 2.05) is 25.1 Å². The molecule has 0 aliphatic carbocycles. The summed E-state index contributed by atoms with van der Waals surface area (Å²) in [7, 11) is 1.62. The predicted octanol–water partition coefficient (Wildman–Crippen LogP) is 1.89. The van der Waals surface area contributed by atoms with Crippen molar-refractivity contribution in [3.63, 3.8) is 0 Å². The number of aromatic nitrogens is 1. The number of nitrogens with zero attached hydrogens (tertiary/aromatic N) is 1. The van der Waals surface area contributed by atoms with E-state index in [9.17, 15) is 9.59 Å². The number of para-hydroxylation sites is 1. The molecule has 112 valence electrons. The Hall–Kier alpha value is -2.50. The van der Waals surface area contributed by atoms with Gasteiger partial charge in [-0.15, -0.1) is 0 Å². The van der Waals surface area contributed by atoms with Crippen molar-refractivity contribution in [2.45, 2.75) is 19.8 Å². The van der Waals surface area contributed by atoms with Crippen LogP contribution in [0.15, 0.2) is 29.1 Å². The Bertz CT molecular complexity index is 694. The lowest BCUT2D eigenvalue weighted by Gasteiger charge is -2.16. The molecule has 21 heavy (non-hydrogen) atoms. The van der Waals surface area contributed by atoms with Gasteiger partial charge >= 0.3 is 5.56 Å². The molecule has 2 aromatic rings. The first-order valence-electron chi connectivity index (χ1n) is 6.83. The van der Waals surface area contributed by atoms with Crippen molar-refractivity contribution in [1.29, 1.82) is 0 Å². The first-order chi connectivity index (χ1) is 10.2. The topological polar surface area (TPSA) is 69.6 Å². The smallest absolute Gasteiger partial charge is 0.316 e. The lowest BCUT2D eigenvalue weighted by atomic mass is 10.2. The Morgan fingerprint density at radius 2 is 2.05 bits per heavy atom. The van der Waals surface area contributed by atoms with E-state index in [2.05, 4.69) is 5.43 Å². The molecular weight excluding hydrogens is 272 g/mol. The highest BCUT2D eigenvalue weighted by Gasteiger charge is 2.19. The molecule has 0 saturated carbocycles. The molecule has 0 unspecified atom stereocenters. The van der Waals surface area contributed by atoms with Gasteiger partial charge in [-0.1, -0.05) is 25.5 Å². The minimum Gasteiger partial charge on any atom is -0.489 e. The first-order valence-corrected chi connectivity index (χ1v) is 6.83. The number of rotatable bonds is 7. The zero-order chi connectivity index (χ0) is 15.2. The summed E-state index contributed by atoms with van der Waals surface area (Å²) >= 11 is 0. The largest absolute Gasteiger partial charge is 0.489 e. The number of ether oxygens (including phenoxy) is 2. The van der Waals surface area contributed by atoms with Gasteiger partial charge in [-0.2, -0.15) is 0 Å². The molecule has 0 saturated heterocycles. The number of hydrogen-bond donors (Lipinski definition) is 1. The van der Waals surface area contributed by atoms with E-state index in [4.69, 9.17) is 9.47 Å². The van der Waals surface area contributed by atoms with Crippen LogP contribution in [0.25, 0.3) is 10.9 Å². The minimum atomic E-state index is -0.463. The van der Waals surface area contributed by atoms with E-state index in [1.165, 1.54) is 4.68 Å². The van der Waals surface area contributed by atoms with Gasteiger partial charge in [-0.05, 0) is 18.6 Å². The Morgan fingerprint density at radius 1 is 1.29 bits per heavy atom. The Balaban J connectivity index is 2.69. The van der Waals surface area contributed by atoms with Crippen LogP contribution in [0.1, 0.15) is 19.8 Å². The van der Waals surface area contributed by atoms with Crippen LogP contribution < -0.4 is 20.5 Å². The fraction of sp³-hybridized carbons (Fsp3) is 0.333. The molecule has 0 spiro atoms. The standard InChI is InChI=1S/C15H18N2O4/c1-3-4-9-20-13-11-7-5-6-8-12(11)17(16-2)15(19)14(13)21-10-18/h5-8,10,16H,3-4,9H2,1-2H3. The second-order valence-electron chi connectivity index (χ2n) is 4.46. The maximum absolute atomic E-state index is 12.4. The van der Waals surface area contributed by atoms with Crippen LogP contribution in [-0.2, 0) is 4.79 Å². The van der Waals surface area contributed by atoms with Gasteiger partial charge in [0.15, 0.2) is 5.75 Å². The van der Waals surface area contributed by atoms with E-state index in [0.29, 0.717) is 23.3 Å². The number of nitrogens with one attached hydrogen (secondary N) is 1. The van der Waals surface area contributed by atoms with Crippen molar-refractivity contribution in [3.8, 4) is 11.5 Å². The van der Waals surface area contributed by atoms with Crippen LogP contribution in [0.5, 0.6) is 11.5 Å². The average molecular weight is 290 g/mol. The number of benzene rings is 1. The number of unbranched alkanes of at least 4 members (excludes halogenated alkanes) is 1. The van der Waals surface area contributed by atoms with E-state index in [0.717, 1.165) is 12.8 Å². The third kappa shape index (κ3) is 2.84. The molecular formula is C15H18N2O4. The molecule has 1 heterocycles. The van der Waals surface area contributed by atoms with Crippen LogP contribution >= 0.6 is 0 Å². The molecule has 6 heteroatoms. The Labute approximate surface area is 122 Å². The van der Waals surface area contributed by atoms with E-state index < -0.39 is 5.56 Å². The van der Waals surface area contributed by atoms with E-state index in [-0.39, 0.29) is 12.2 Å². The summed E-state index contributed by atoms with van der Waals surface area (Å²) in [6, 6.07) is 7.28. The number of pyridine rings is 1. The summed E-state index contributed by atoms with van der Waals surface area (Å²) in [6.45, 7) is 2.74. The maximum atomic E-state index is 12.4. The molecule has 2 rings (SSSR count). The van der Waals surface area contributed by atoms with Gasteiger partial charge in [-0.3, -0.25) is 9.59 Å². The second-order valence-corrected chi connectivity index (χ2v) is 4.46. The monoisotopic (exact) mass is 290 g/mol. The molecule has 0 atom stereocenters. The molecule has 0 bridgehead atoms. The van der Waals surface area contributed by atoms with Crippen LogP contribution in [-0.4, -0.2) is 24.8 Å². The zero-order valence-electron chi connectivity index (χ0n) is 12.1. The molecule has 1 N–H and O–H groups in total. The van der Waals surface area contributed by atoms with Crippen LogP contribution in [0.2, 0.25) is 0 Å². The lowest BCUT2D eigenvalue weighted by molar-refractivity contribution is -0.120. The third-order valence-corrected chi connectivity index (χ3v) is 3.13. The van der Waals surface area contributed by atoms with Crippen molar-refractivity contribution < 1.29 is 14.3 Å². The van der Waals surface area contributed by atoms with Crippen molar-refractivity contribution in [2.24, 2.45) is 0 Å². The highest BCUT2D eigenvalue weighted by atomic mass is 16.5. The Morgan fingerprint density at radius 3 is 2.71 bits per heavy atom. The first kappa shape index (κ1) is 14.9. The van der Waals surface area contributed by atoms with Crippen molar-refractivity contribution >= 4 is 17.4 Å². The van der Waals surface area contributed by atoms with Gasteiger partial charge in [-0.25, -0.2) is 4.68 Å². The minimum absolute atomic E-state index is 0.103. The lowest BCUT2D eigenvalue weighted by Crippen LogP contribution is -2.28. The SMILES string of the molecule is CCCCOc1c(OC=O)c(=O)n(NC)c2ccccc12. The molecule has 0 aliphatic heterocycles. The van der Waals surface area contributed by atoms with Crippen LogP contribution in [0, 0.1) is 0 Å². The number of fused-ring (bicyclic) bond motifs is 1. The van der Waals surface area contributed by atoms with Crippen molar-refractivity contribution in [2.75, 3.05) is 19.1 Å². The fourth-order valence-electron chi connectivity index (χ4n) is 2.13. The summed E-state index contributed by atoms with van der Waals surface area (Å²) < 4.78 is 11.9. The van der Waals surface area contributed by atoms with Gasteiger partial charge in [0.1, 0.15) is 0 Å². The maximum Gasteiger partial charge on any atom is 0.316 e. The molecule has 1 aromatic heterocycles. The third-order valence-electron chi connectivity index (χ3n) is 3.13. The fourth-order valence-corrected chi connectivity index (χ4v) is 2.13. The molecule has 0 amide bonds. The van der Waals surface area contributed by atoms with Crippen LogP contribution in [0.3, 0.4) is 0 Å².